The molecule has 6 heteroatoms. The Morgan fingerprint density at radius 2 is 2.04 bits per heavy atom. The van der Waals surface area contributed by atoms with Crippen LogP contribution in [0.5, 0.6) is 0 Å². The third-order valence-corrected chi connectivity index (χ3v) is 4.57. The first-order valence-corrected chi connectivity index (χ1v) is 9.45. The molecule has 0 amide bonds. The molecule has 1 aromatic carbocycles. The Bertz CT molecular complexity index is 522. The number of nitrogens with one attached hydrogen (secondary N) is 2. The first-order valence-electron chi connectivity index (χ1n) is 9.45. The van der Waals surface area contributed by atoms with Crippen molar-refractivity contribution < 1.29 is 9.47 Å². The Hall–Kier alpha value is -0.860. The van der Waals surface area contributed by atoms with E-state index in [1.807, 2.05) is 14.0 Å². The molecule has 1 heterocycles. The highest BCUT2D eigenvalue weighted by atomic mass is 127. The van der Waals surface area contributed by atoms with Crippen LogP contribution in [0.25, 0.3) is 0 Å². The summed E-state index contributed by atoms with van der Waals surface area (Å²) in [7, 11) is 1.81. The quantitative estimate of drug-likeness (QED) is 0.261. The van der Waals surface area contributed by atoms with E-state index >= 15 is 0 Å². The number of hydrogen-bond donors (Lipinski definition) is 2. The van der Waals surface area contributed by atoms with Gasteiger partial charge in [-0.25, -0.2) is 0 Å². The fourth-order valence-corrected chi connectivity index (χ4v) is 3.15. The molecule has 2 atom stereocenters. The number of aliphatic imine (C=N–C) groups is 1. The highest BCUT2D eigenvalue weighted by Gasteiger charge is 2.27. The zero-order valence-electron chi connectivity index (χ0n) is 16.3. The van der Waals surface area contributed by atoms with E-state index in [1.165, 1.54) is 17.5 Å². The summed E-state index contributed by atoms with van der Waals surface area (Å²) < 4.78 is 11.4. The summed E-state index contributed by atoms with van der Waals surface area (Å²) in [5.41, 5.74) is 2.56. The molecule has 1 saturated heterocycles. The second-order valence-electron chi connectivity index (χ2n) is 6.53. The number of guanidine groups is 1. The van der Waals surface area contributed by atoms with Crippen molar-refractivity contribution in [3.05, 3.63) is 35.4 Å². The Kier molecular flexibility index (Phi) is 11.9. The molecule has 148 valence electrons. The minimum absolute atomic E-state index is 0. The van der Waals surface area contributed by atoms with E-state index in [-0.39, 0.29) is 30.1 Å². The van der Waals surface area contributed by atoms with Gasteiger partial charge < -0.3 is 20.1 Å². The van der Waals surface area contributed by atoms with Crippen LogP contribution in [0.2, 0.25) is 0 Å². The van der Waals surface area contributed by atoms with Crippen molar-refractivity contribution in [3.8, 4) is 0 Å². The zero-order chi connectivity index (χ0) is 17.9. The number of benzene rings is 1. The molecule has 0 spiro atoms. The molecule has 1 fully saturated rings. The van der Waals surface area contributed by atoms with E-state index in [9.17, 15) is 0 Å². The Labute approximate surface area is 175 Å². The Balaban J connectivity index is 0.00000338. The third-order valence-electron chi connectivity index (χ3n) is 4.57. The van der Waals surface area contributed by atoms with Gasteiger partial charge >= 0.3 is 0 Å². The average Bonchev–Trinajstić information content (AvgIpc) is 2.65. The first-order chi connectivity index (χ1) is 12.2. The van der Waals surface area contributed by atoms with Gasteiger partial charge in [0.2, 0.25) is 0 Å². The monoisotopic (exact) mass is 475 g/mol. The van der Waals surface area contributed by atoms with Gasteiger partial charge in [0.05, 0.1) is 6.10 Å². The van der Waals surface area contributed by atoms with E-state index in [4.69, 9.17) is 9.47 Å². The SMILES string of the molecule is CCOCCCNC(=NC)NCC1CCCOC1c1ccc(C)cc1.I. The lowest BCUT2D eigenvalue weighted by Crippen LogP contribution is -2.42. The zero-order valence-corrected chi connectivity index (χ0v) is 18.6. The maximum absolute atomic E-state index is 6.09. The second-order valence-corrected chi connectivity index (χ2v) is 6.53. The molecule has 5 nitrogen and oxygen atoms in total. The summed E-state index contributed by atoms with van der Waals surface area (Å²) in [5, 5.41) is 6.81. The van der Waals surface area contributed by atoms with E-state index in [0.717, 1.165) is 51.7 Å². The highest BCUT2D eigenvalue weighted by Crippen LogP contribution is 2.33. The number of aryl methyl sites for hydroxylation is 1. The molecule has 0 bridgehead atoms. The van der Waals surface area contributed by atoms with Crippen LogP contribution in [0, 0.1) is 12.8 Å². The van der Waals surface area contributed by atoms with E-state index in [2.05, 4.69) is 46.8 Å². The normalized spacial score (nSPS) is 20.3. The number of ether oxygens (including phenoxy) is 2. The predicted molar refractivity (Wildman–Crippen MR) is 118 cm³/mol. The predicted octanol–water partition coefficient (Wildman–Crippen LogP) is 3.67. The van der Waals surface area contributed by atoms with Crippen molar-refractivity contribution >= 4 is 29.9 Å². The topological polar surface area (TPSA) is 54.9 Å². The van der Waals surface area contributed by atoms with E-state index < -0.39 is 0 Å². The Morgan fingerprint density at radius 3 is 2.73 bits per heavy atom. The maximum atomic E-state index is 6.09. The molecule has 2 N–H and O–H groups in total. The molecule has 2 unspecified atom stereocenters. The lowest BCUT2D eigenvalue weighted by Gasteiger charge is -2.32. The minimum atomic E-state index is 0. The summed E-state index contributed by atoms with van der Waals surface area (Å²) in [6, 6.07) is 8.71. The van der Waals surface area contributed by atoms with Crippen LogP contribution in [0.4, 0.5) is 0 Å². The van der Waals surface area contributed by atoms with Crippen LogP contribution >= 0.6 is 24.0 Å². The molecule has 0 saturated carbocycles. The number of rotatable bonds is 8. The van der Waals surface area contributed by atoms with Crippen LogP contribution < -0.4 is 10.6 Å². The minimum Gasteiger partial charge on any atom is -0.382 e. The van der Waals surface area contributed by atoms with Gasteiger partial charge in [0.25, 0.3) is 0 Å². The largest absolute Gasteiger partial charge is 0.382 e. The van der Waals surface area contributed by atoms with Crippen molar-refractivity contribution in [2.45, 2.75) is 39.2 Å². The average molecular weight is 475 g/mol. The van der Waals surface area contributed by atoms with Gasteiger partial charge in [-0.2, -0.15) is 0 Å². The second kappa shape index (κ2) is 13.3. The summed E-state index contributed by atoms with van der Waals surface area (Å²) in [4.78, 5) is 4.31. The summed E-state index contributed by atoms with van der Waals surface area (Å²) in [5.74, 6) is 1.31. The van der Waals surface area contributed by atoms with Gasteiger partial charge in [-0.1, -0.05) is 29.8 Å². The molecule has 1 aliphatic heterocycles. The van der Waals surface area contributed by atoms with Gasteiger partial charge in [0.1, 0.15) is 0 Å². The number of nitrogens with zero attached hydrogens (tertiary/aromatic N) is 1. The van der Waals surface area contributed by atoms with Crippen molar-refractivity contribution in [2.24, 2.45) is 10.9 Å². The molecule has 0 radical (unpaired) electrons. The van der Waals surface area contributed by atoms with E-state index in [0.29, 0.717) is 5.92 Å². The molecular weight excluding hydrogens is 441 g/mol. The molecule has 1 aliphatic rings. The number of halogens is 1. The summed E-state index contributed by atoms with van der Waals surface area (Å²) >= 11 is 0. The molecule has 0 aromatic heterocycles. The van der Waals surface area contributed by atoms with Gasteiger partial charge in [-0.15, -0.1) is 24.0 Å². The van der Waals surface area contributed by atoms with Crippen LogP contribution in [0.15, 0.2) is 29.3 Å². The van der Waals surface area contributed by atoms with Crippen LogP contribution in [0.3, 0.4) is 0 Å². The highest BCUT2D eigenvalue weighted by molar-refractivity contribution is 14.0. The fourth-order valence-electron chi connectivity index (χ4n) is 3.15. The van der Waals surface area contributed by atoms with Crippen LogP contribution in [-0.4, -0.2) is 45.9 Å². The Morgan fingerprint density at radius 1 is 1.27 bits per heavy atom. The van der Waals surface area contributed by atoms with E-state index in [1.54, 1.807) is 0 Å². The van der Waals surface area contributed by atoms with Gasteiger partial charge in [-0.05, 0) is 38.7 Å². The molecule has 2 rings (SSSR count). The standard InChI is InChI=1S/C20H33N3O2.HI/c1-4-24-13-6-12-22-20(21-3)23-15-18-7-5-14-25-19(18)17-10-8-16(2)9-11-17;/h8-11,18-19H,4-7,12-15H2,1-3H3,(H2,21,22,23);1H. The lowest BCUT2D eigenvalue weighted by atomic mass is 9.89. The first kappa shape index (κ1) is 23.2. The third kappa shape index (κ3) is 7.80. The van der Waals surface area contributed by atoms with Crippen molar-refractivity contribution in [2.75, 3.05) is 40.0 Å². The molecule has 0 aliphatic carbocycles. The van der Waals surface area contributed by atoms with Crippen LogP contribution in [-0.2, 0) is 9.47 Å². The summed E-state index contributed by atoms with van der Waals surface area (Å²) in [6.07, 6.45) is 3.44. The maximum Gasteiger partial charge on any atom is 0.190 e. The smallest absolute Gasteiger partial charge is 0.190 e. The van der Waals surface area contributed by atoms with Gasteiger partial charge in [-0.3, -0.25) is 4.99 Å². The van der Waals surface area contributed by atoms with Crippen molar-refractivity contribution in [3.63, 3.8) is 0 Å². The van der Waals surface area contributed by atoms with Gasteiger partial charge in [0.15, 0.2) is 5.96 Å². The molecule has 1 aromatic rings. The van der Waals surface area contributed by atoms with Crippen LogP contribution in [0.1, 0.15) is 43.4 Å². The van der Waals surface area contributed by atoms with Crippen molar-refractivity contribution in [1.82, 2.24) is 10.6 Å². The van der Waals surface area contributed by atoms with Crippen molar-refractivity contribution in [1.29, 1.82) is 0 Å². The number of hydrogen-bond acceptors (Lipinski definition) is 3. The fraction of sp³-hybridized carbons (Fsp3) is 0.650. The van der Waals surface area contributed by atoms with Gasteiger partial charge in [0, 0.05) is 45.9 Å². The molecule has 26 heavy (non-hydrogen) atoms. The lowest BCUT2D eigenvalue weighted by molar-refractivity contribution is -0.0265. The molecular formula is C20H34IN3O2. The summed E-state index contributed by atoms with van der Waals surface area (Å²) in [6.45, 7) is 8.27.